The lowest BCUT2D eigenvalue weighted by atomic mass is 9.89. The van der Waals surface area contributed by atoms with Gasteiger partial charge in [-0.2, -0.15) is 0 Å². The van der Waals surface area contributed by atoms with Gasteiger partial charge in [0.15, 0.2) is 5.16 Å². The van der Waals surface area contributed by atoms with E-state index in [0.717, 1.165) is 17.3 Å². The van der Waals surface area contributed by atoms with Crippen molar-refractivity contribution in [1.82, 2.24) is 9.97 Å². The first kappa shape index (κ1) is 11.1. The fraction of sp³-hybridized carbons (Fsp3) is 0.556. The third-order valence-electron chi connectivity index (χ3n) is 2.17. The summed E-state index contributed by atoms with van der Waals surface area (Å²) in [6.45, 7) is 3.97. The lowest BCUT2D eigenvalue weighted by molar-refractivity contribution is 0.500. The average Bonchev–Trinajstić information content (AvgIpc) is 2.56. The predicted octanol–water partition coefficient (Wildman–Crippen LogP) is 1.85. The number of thioether (sulfide) groups is 1. The molecule has 0 spiro atoms. The third kappa shape index (κ3) is 3.06. The molecule has 4 nitrogen and oxygen atoms in total. The van der Waals surface area contributed by atoms with Crippen LogP contribution in [0.3, 0.4) is 0 Å². The average molecular weight is 212 g/mol. The minimum absolute atomic E-state index is 0.209. The molecule has 0 unspecified atom stereocenters. The van der Waals surface area contributed by atoms with Gasteiger partial charge in [-0.15, -0.1) is 0 Å². The van der Waals surface area contributed by atoms with Gasteiger partial charge in [0.25, 0.3) is 0 Å². The zero-order valence-corrected chi connectivity index (χ0v) is 9.32. The van der Waals surface area contributed by atoms with Crippen molar-refractivity contribution < 1.29 is 0 Å². The normalized spacial score (nSPS) is 11.6. The number of nitrogens with two attached hydrogens (primary N) is 1. The van der Waals surface area contributed by atoms with E-state index in [4.69, 9.17) is 11.1 Å². The number of imidazole rings is 1. The van der Waals surface area contributed by atoms with Crippen LogP contribution in [-0.4, -0.2) is 21.6 Å². The molecule has 1 rings (SSSR count). The molecule has 0 saturated carbocycles. The standard InChI is InChI=1S/C9H16N4S/c1-9(2,7(10)11)3-6-14-8-12-4-5-13-8/h4-5H,3,6H2,1-2H3,(H3,10,11)(H,12,13). The number of hydrogen-bond donors (Lipinski definition) is 3. The Labute approximate surface area is 88.2 Å². The molecule has 0 aliphatic rings. The largest absolute Gasteiger partial charge is 0.387 e. The van der Waals surface area contributed by atoms with Crippen molar-refractivity contribution in [3.63, 3.8) is 0 Å². The zero-order valence-electron chi connectivity index (χ0n) is 8.50. The molecule has 1 heterocycles. The molecule has 0 radical (unpaired) electrons. The summed E-state index contributed by atoms with van der Waals surface area (Å²) >= 11 is 1.65. The van der Waals surface area contributed by atoms with Crippen LogP contribution >= 0.6 is 11.8 Å². The van der Waals surface area contributed by atoms with Crippen molar-refractivity contribution in [2.75, 3.05) is 5.75 Å². The monoisotopic (exact) mass is 212 g/mol. The first-order valence-corrected chi connectivity index (χ1v) is 5.47. The maximum atomic E-state index is 7.40. The van der Waals surface area contributed by atoms with Crippen LogP contribution in [-0.2, 0) is 0 Å². The molecule has 78 valence electrons. The van der Waals surface area contributed by atoms with Crippen LogP contribution in [0.15, 0.2) is 17.6 Å². The van der Waals surface area contributed by atoms with Crippen LogP contribution in [0.4, 0.5) is 0 Å². The van der Waals surface area contributed by atoms with Crippen molar-refractivity contribution in [2.24, 2.45) is 11.1 Å². The van der Waals surface area contributed by atoms with Gasteiger partial charge in [0.05, 0.1) is 5.84 Å². The van der Waals surface area contributed by atoms with E-state index in [0.29, 0.717) is 0 Å². The minimum Gasteiger partial charge on any atom is -0.387 e. The summed E-state index contributed by atoms with van der Waals surface area (Å²) < 4.78 is 0. The van der Waals surface area contributed by atoms with Crippen molar-refractivity contribution in [3.8, 4) is 0 Å². The number of H-pyrrole nitrogens is 1. The lowest BCUT2D eigenvalue weighted by Gasteiger charge is -2.21. The van der Waals surface area contributed by atoms with E-state index in [1.807, 2.05) is 13.8 Å². The molecule has 5 heteroatoms. The van der Waals surface area contributed by atoms with Gasteiger partial charge in [0.2, 0.25) is 0 Å². The summed E-state index contributed by atoms with van der Waals surface area (Å²) in [6, 6.07) is 0. The van der Waals surface area contributed by atoms with Crippen molar-refractivity contribution >= 4 is 17.6 Å². The molecular weight excluding hydrogens is 196 g/mol. The number of nitrogens with one attached hydrogen (secondary N) is 2. The van der Waals surface area contributed by atoms with Gasteiger partial charge >= 0.3 is 0 Å². The van der Waals surface area contributed by atoms with E-state index in [1.54, 1.807) is 24.2 Å². The second-order valence-corrected chi connectivity index (χ2v) is 4.87. The predicted molar refractivity (Wildman–Crippen MR) is 59.6 cm³/mol. The number of aromatic amines is 1. The van der Waals surface area contributed by atoms with E-state index in [1.165, 1.54) is 0 Å². The highest BCUT2D eigenvalue weighted by Gasteiger charge is 2.21. The molecule has 0 amide bonds. The van der Waals surface area contributed by atoms with Crippen molar-refractivity contribution in [2.45, 2.75) is 25.4 Å². The second kappa shape index (κ2) is 4.50. The van der Waals surface area contributed by atoms with Gasteiger partial charge < -0.3 is 10.7 Å². The highest BCUT2D eigenvalue weighted by molar-refractivity contribution is 7.99. The van der Waals surface area contributed by atoms with E-state index in [9.17, 15) is 0 Å². The van der Waals surface area contributed by atoms with E-state index in [-0.39, 0.29) is 11.3 Å². The Morgan fingerprint density at radius 2 is 2.43 bits per heavy atom. The summed E-state index contributed by atoms with van der Waals surface area (Å²) in [5.74, 6) is 1.16. The molecule has 0 atom stereocenters. The van der Waals surface area contributed by atoms with Gasteiger partial charge in [0, 0.05) is 23.6 Å². The molecule has 0 aliphatic heterocycles. The van der Waals surface area contributed by atoms with Crippen LogP contribution in [0.2, 0.25) is 0 Å². The molecule has 0 saturated heterocycles. The first-order valence-electron chi connectivity index (χ1n) is 4.49. The Hall–Kier alpha value is -0.970. The minimum atomic E-state index is -0.209. The second-order valence-electron chi connectivity index (χ2n) is 3.79. The Morgan fingerprint density at radius 3 is 2.93 bits per heavy atom. The number of hydrogen-bond acceptors (Lipinski definition) is 3. The van der Waals surface area contributed by atoms with Gasteiger partial charge in [-0.05, 0) is 6.42 Å². The maximum absolute atomic E-state index is 7.40. The lowest BCUT2D eigenvalue weighted by Crippen LogP contribution is -2.31. The maximum Gasteiger partial charge on any atom is 0.165 e. The van der Waals surface area contributed by atoms with Crippen LogP contribution in [0.1, 0.15) is 20.3 Å². The Bertz CT molecular complexity index is 292. The number of amidine groups is 1. The number of nitrogens with zero attached hydrogens (tertiary/aromatic N) is 1. The fourth-order valence-electron chi connectivity index (χ4n) is 0.867. The Kier molecular flexibility index (Phi) is 3.57. The molecule has 14 heavy (non-hydrogen) atoms. The summed E-state index contributed by atoms with van der Waals surface area (Å²) in [5.41, 5.74) is 5.27. The number of rotatable bonds is 5. The van der Waals surface area contributed by atoms with Gasteiger partial charge in [-0.3, -0.25) is 5.41 Å². The van der Waals surface area contributed by atoms with Gasteiger partial charge in [0.1, 0.15) is 0 Å². The van der Waals surface area contributed by atoms with Crippen LogP contribution in [0.5, 0.6) is 0 Å². The molecule has 1 aromatic rings. The van der Waals surface area contributed by atoms with Crippen LogP contribution < -0.4 is 5.73 Å². The Balaban J connectivity index is 2.31. The summed E-state index contributed by atoms with van der Waals surface area (Å²) in [6.07, 6.45) is 4.42. The van der Waals surface area contributed by atoms with E-state index < -0.39 is 0 Å². The molecule has 0 bridgehead atoms. The van der Waals surface area contributed by atoms with Crippen LogP contribution in [0, 0.1) is 10.8 Å². The summed E-state index contributed by atoms with van der Waals surface area (Å²) in [7, 11) is 0. The van der Waals surface area contributed by atoms with E-state index in [2.05, 4.69) is 9.97 Å². The summed E-state index contributed by atoms with van der Waals surface area (Å²) in [4.78, 5) is 7.12. The number of aromatic nitrogens is 2. The van der Waals surface area contributed by atoms with Gasteiger partial charge in [-0.1, -0.05) is 25.6 Å². The molecule has 0 aliphatic carbocycles. The first-order chi connectivity index (χ1) is 6.52. The highest BCUT2D eigenvalue weighted by Crippen LogP contribution is 2.24. The third-order valence-corrected chi connectivity index (χ3v) is 3.07. The molecule has 0 aromatic carbocycles. The Morgan fingerprint density at radius 1 is 1.71 bits per heavy atom. The molecular formula is C9H16N4S. The highest BCUT2D eigenvalue weighted by atomic mass is 32.2. The molecule has 1 aromatic heterocycles. The van der Waals surface area contributed by atoms with Crippen molar-refractivity contribution in [3.05, 3.63) is 12.4 Å². The van der Waals surface area contributed by atoms with Gasteiger partial charge in [-0.25, -0.2) is 4.98 Å². The SMILES string of the molecule is CC(C)(CCSc1ncc[nH]1)C(=N)N. The molecule has 0 fully saturated rings. The van der Waals surface area contributed by atoms with Crippen molar-refractivity contribution in [1.29, 1.82) is 5.41 Å². The molecule has 4 N–H and O–H groups in total. The summed E-state index contributed by atoms with van der Waals surface area (Å²) in [5, 5.41) is 8.32. The fourth-order valence-corrected chi connectivity index (χ4v) is 1.96. The van der Waals surface area contributed by atoms with E-state index >= 15 is 0 Å². The topological polar surface area (TPSA) is 78.5 Å². The van der Waals surface area contributed by atoms with Crippen LogP contribution in [0.25, 0.3) is 0 Å². The quantitative estimate of drug-likeness (QED) is 0.396. The smallest absolute Gasteiger partial charge is 0.165 e. The zero-order chi connectivity index (χ0) is 10.6.